The number of nitrogens with zero attached hydrogens (tertiary/aromatic N) is 1. The van der Waals surface area contributed by atoms with E-state index in [2.05, 4.69) is 15.8 Å². The summed E-state index contributed by atoms with van der Waals surface area (Å²) in [4.78, 5) is 12.2. The van der Waals surface area contributed by atoms with Crippen molar-refractivity contribution < 1.29 is 19.4 Å². The second kappa shape index (κ2) is 8.35. The molecule has 146 valence electrons. The number of ether oxygens (including phenoxy) is 2. The summed E-state index contributed by atoms with van der Waals surface area (Å²) in [5, 5.41) is 17.0. The molecule has 1 aliphatic heterocycles. The normalized spacial score (nSPS) is 12.1. The molecule has 3 N–H and O–H groups in total. The van der Waals surface area contributed by atoms with E-state index in [1.165, 1.54) is 0 Å². The van der Waals surface area contributed by atoms with Crippen LogP contribution in [0.25, 0.3) is 0 Å². The third-order valence-corrected chi connectivity index (χ3v) is 4.40. The van der Waals surface area contributed by atoms with Crippen LogP contribution in [0.3, 0.4) is 0 Å². The van der Waals surface area contributed by atoms with E-state index < -0.39 is 0 Å². The zero-order valence-corrected chi connectivity index (χ0v) is 15.5. The molecular weight excluding hydrogens is 370 g/mol. The first-order valence-corrected chi connectivity index (χ1v) is 9.03. The summed E-state index contributed by atoms with van der Waals surface area (Å²) >= 11 is 0. The quantitative estimate of drug-likeness (QED) is 0.443. The fourth-order valence-electron chi connectivity index (χ4n) is 2.82. The molecular formula is C22H19N3O4. The largest absolute Gasteiger partial charge is 0.508 e. The number of fused-ring (bicyclic) bond motifs is 1. The molecule has 0 aliphatic carbocycles. The number of para-hydroxylation sites is 1. The fraction of sp³-hybridized carbons (Fsp3) is 0.0909. The predicted octanol–water partition coefficient (Wildman–Crippen LogP) is 3.50. The summed E-state index contributed by atoms with van der Waals surface area (Å²) in [5.74, 6) is 1.29. The number of phenolic OH excluding ortho intramolecular Hbond substituents is 1. The highest BCUT2D eigenvalue weighted by atomic mass is 16.7. The predicted molar refractivity (Wildman–Crippen MR) is 110 cm³/mol. The van der Waals surface area contributed by atoms with Crippen LogP contribution in [-0.4, -0.2) is 24.0 Å². The van der Waals surface area contributed by atoms with E-state index in [-0.39, 0.29) is 18.4 Å². The Morgan fingerprint density at radius 1 is 1.03 bits per heavy atom. The highest BCUT2D eigenvalue weighted by Crippen LogP contribution is 2.31. The number of benzene rings is 3. The van der Waals surface area contributed by atoms with E-state index in [1.54, 1.807) is 54.7 Å². The van der Waals surface area contributed by atoms with E-state index in [4.69, 9.17) is 9.47 Å². The zero-order valence-electron chi connectivity index (χ0n) is 15.5. The van der Waals surface area contributed by atoms with Crippen LogP contribution in [0.15, 0.2) is 71.8 Å². The maximum atomic E-state index is 12.2. The fourth-order valence-corrected chi connectivity index (χ4v) is 2.82. The number of hydrazone groups is 1. The molecule has 1 amide bonds. The van der Waals surface area contributed by atoms with Crippen molar-refractivity contribution >= 4 is 17.8 Å². The molecule has 0 aromatic heterocycles. The monoisotopic (exact) mass is 389 g/mol. The van der Waals surface area contributed by atoms with Gasteiger partial charge in [-0.2, -0.15) is 5.10 Å². The van der Waals surface area contributed by atoms with Crippen LogP contribution < -0.4 is 20.2 Å². The maximum absolute atomic E-state index is 12.2. The van der Waals surface area contributed by atoms with Crippen molar-refractivity contribution in [1.29, 1.82) is 0 Å². The SMILES string of the molecule is O=C(N/N=C\c1ccc2c(c1)OCO2)c1ccc(NCc2ccccc2O)cc1. The molecule has 0 saturated heterocycles. The summed E-state index contributed by atoms with van der Waals surface area (Å²) in [7, 11) is 0. The van der Waals surface area contributed by atoms with Gasteiger partial charge < -0.3 is 19.9 Å². The van der Waals surface area contributed by atoms with Gasteiger partial charge in [-0.1, -0.05) is 18.2 Å². The number of phenols is 1. The van der Waals surface area contributed by atoms with Crippen molar-refractivity contribution in [3.63, 3.8) is 0 Å². The minimum absolute atomic E-state index is 0.212. The molecule has 1 heterocycles. The highest BCUT2D eigenvalue weighted by molar-refractivity contribution is 5.95. The second-order valence-corrected chi connectivity index (χ2v) is 6.37. The van der Waals surface area contributed by atoms with Crippen molar-refractivity contribution in [2.45, 2.75) is 6.54 Å². The molecule has 29 heavy (non-hydrogen) atoms. The van der Waals surface area contributed by atoms with Crippen molar-refractivity contribution in [2.24, 2.45) is 5.10 Å². The molecule has 7 heteroatoms. The van der Waals surface area contributed by atoms with Crippen LogP contribution in [0.1, 0.15) is 21.5 Å². The Morgan fingerprint density at radius 2 is 1.83 bits per heavy atom. The lowest BCUT2D eigenvalue weighted by Crippen LogP contribution is -2.17. The zero-order chi connectivity index (χ0) is 20.1. The highest BCUT2D eigenvalue weighted by Gasteiger charge is 2.12. The van der Waals surface area contributed by atoms with Crippen molar-refractivity contribution in [3.05, 3.63) is 83.4 Å². The Morgan fingerprint density at radius 3 is 2.66 bits per heavy atom. The first kappa shape index (κ1) is 18.4. The van der Waals surface area contributed by atoms with Crippen molar-refractivity contribution in [2.75, 3.05) is 12.1 Å². The molecule has 0 unspecified atom stereocenters. The maximum Gasteiger partial charge on any atom is 0.271 e. The number of anilines is 1. The number of aromatic hydroxyl groups is 1. The third kappa shape index (κ3) is 4.47. The summed E-state index contributed by atoms with van der Waals surface area (Å²) in [6.07, 6.45) is 1.54. The minimum atomic E-state index is -0.311. The Labute approximate surface area is 167 Å². The molecule has 0 fully saturated rings. The van der Waals surface area contributed by atoms with Gasteiger partial charge in [-0.05, 0) is 54.1 Å². The molecule has 0 saturated carbocycles. The van der Waals surface area contributed by atoms with Gasteiger partial charge in [0.05, 0.1) is 6.21 Å². The molecule has 7 nitrogen and oxygen atoms in total. The lowest BCUT2D eigenvalue weighted by molar-refractivity contribution is 0.0955. The second-order valence-electron chi connectivity index (χ2n) is 6.37. The lowest BCUT2D eigenvalue weighted by atomic mass is 10.1. The van der Waals surface area contributed by atoms with E-state index in [9.17, 15) is 9.90 Å². The molecule has 0 atom stereocenters. The number of rotatable bonds is 6. The number of nitrogens with one attached hydrogen (secondary N) is 2. The van der Waals surface area contributed by atoms with E-state index in [0.29, 0.717) is 23.6 Å². The molecule has 0 bridgehead atoms. The van der Waals surface area contributed by atoms with Gasteiger partial charge in [-0.3, -0.25) is 4.79 Å². The van der Waals surface area contributed by atoms with Gasteiger partial charge in [0.1, 0.15) is 5.75 Å². The first-order chi connectivity index (χ1) is 14.2. The van der Waals surface area contributed by atoms with Gasteiger partial charge in [-0.25, -0.2) is 5.43 Å². The first-order valence-electron chi connectivity index (χ1n) is 9.03. The van der Waals surface area contributed by atoms with Gasteiger partial charge in [-0.15, -0.1) is 0 Å². The molecule has 1 aliphatic rings. The Balaban J connectivity index is 1.31. The summed E-state index contributed by atoms with van der Waals surface area (Å²) in [6, 6.07) is 19.6. The minimum Gasteiger partial charge on any atom is -0.508 e. The molecule has 0 radical (unpaired) electrons. The molecule has 3 aromatic rings. The van der Waals surface area contributed by atoms with Crippen LogP contribution in [-0.2, 0) is 6.54 Å². The smallest absolute Gasteiger partial charge is 0.271 e. The number of hydrogen-bond acceptors (Lipinski definition) is 6. The van der Waals surface area contributed by atoms with E-state index >= 15 is 0 Å². The average molecular weight is 389 g/mol. The average Bonchev–Trinajstić information content (AvgIpc) is 3.21. The van der Waals surface area contributed by atoms with Crippen LogP contribution in [0, 0.1) is 0 Å². The van der Waals surface area contributed by atoms with Crippen LogP contribution >= 0.6 is 0 Å². The van der Waals surface area contributed by atoms with Gasteiger partial charge in [0.2, 0.25) is 6.79 Å². The van der Waals surface area contributed by atoms with E-state index in [0.717, 1.165) is 16.8 Å². The number of carbonyl (C=O) groups excluding carboxylic acids is 1. The standard InChI is InChI=1S/C22H19N3O4/c26-19-4-2-1-3-17(19)13-23-18-8-6-16(7-9-18)22(27)25-24-12-15-5-10-20-21(11-15)29-14-28-20/h1-12,23,26H,13-14H2,(H,25,27)/b24-12-. The van der Waals surface area contributed by atoms with Gasteiger partial charge in [0.15, 0.2) is 11.5 Å². The number of hydrogen-bond donors (Lipinski definition) is 3. The molecule has 3 aromatic carbocycles. The van der Waals surface area contributed by atoms with Gasteiger partial charge in [0.25, 0.3) is 5.91 Å². The van der Waals surface area contributed by atoms with Gasteiger partial charge in [0, 0.05) is 23.4 Å². The number of carbonyl (C=O) groups is 1. The summed E-state index contributed by atoms with van der Waals surface area (Å²) in [6.45, 7) is 0.696. The molecule has 4 rings (SSSR count). The van der Waals surface area contributed by atoms with Crippen LogP contribution in [0.4, 0.5) is 5.69 Å². The van der Waals surface area contributed by atoms with Crippen molar-refractivity contribution in [1.82, 2.24) is 5.43 Å². The Bertz CT molecular complexity index is 1050. The number of amides is 1. The summed E-state index contributed by atoms with van der Waals surface area (Å²) < 4.78 is 10.6. The Hall–Kier alpha value is -4.00. The lowest BCUT2D eigenvalue weighted by Gasteiger charge is -2.08. The van der Waals surface area contributed by atoms with Gasteiger partial charge >= 0.3 is 0 Å². The topological polar surface area (TPSA) is 92.2 Å². The summed E-state index contributed by atoms with van der Waals surface area (Å²) in [5.41, 5.74) is 5.42. The van der Waals surface area contributed by atoms with Crippen LogP contribution in [0.2, 0.25) is 0 Å². The van der Waals surface area contributed by atoms with Crippen molar-refractivity contribution in [3.8, 4) is 17.2 Å². The molecule has 0 spiro atoms. The van der Waals surface area contributed by atoms with Crippen LogP contribution in [0.5, 0.6) is 17.2 Å². The van der Waals surface area contributed by atoms with E-state index in [1.807, 2.05) is 18.2 Å². The third-order valence-electron chi connectivity index (χ3n) is 4.40. The Kier molecular flexibility index (Phi) is 5.29.